The van der Waals surface area contributed by atoms with Gasteiger partial charge >= 0.3 is 0 Å². The quantitative estimate of drug-likeness (QED) is 0.675. The summed E-state index contributed by atoms with van der Waals surface area (Å²) in [4.78, 5) is 16.4. The van der Waals surface area contributed by atoms with Crippen molar-refractivity contribution in [1.29, 1.82) is 0 Å². The monoisotopic (exact) mass is 379 g/mol. The van der Waals surface area contributed by atoms with Crippen molar-refractivity contribution in [1.82, 2.24) is 20.4 Å². The van der Waals surface area contributed by atoms with Gasteiger partial charge in [-0.2, -0.15) is 5.10 Å². The van der Waals surface area contributed by atoms with Gasteiger partial charge in [-0.1, -0.05) is 30.3 Å². The van der Waals surface area contributed by atoms with E-state index >= 15 is 0 Å². The number of fused-ring (bicyclic) bond motifs is 1. The number of aliphatic imine (C=N–C) groups is 1. The fourth-order valence-corrected chi connectivity index (χ4v) is 3.67. The molecular weight excluding hydrogens is 354 g/mol. The Morgan fingerprint density at radius 1 is 1.25 bits per heavy atom. The number of hydrogen-bond acceptors (Lipinski definition) is 5. The first-order chi connectivity index (χ1) is 13.7. The second kappa shape index (κ2) is 8.50. The van der Waals surface area contributed by atoms with Crippen molar-refractivity contribution in [3.63, 3.8) is 0 Å². The number of aliphatic hydroxyl groups is 1. The van der Waals surface area contributed by atoms with E-state index in [1.807, 2.05) is 12.3 Å². The third kappa shape index (κ3) is 4.37. The zero-order chi connectivity index (χ0) is 19.3. The number of amides is 1. The number of aromatic nitrogens is 2. The topological polar surface area (TPSA) is 91.5 Å². The molecule has 0 radical (unpaired) electrons. The number of carbonyl (C=O) groups is 1. The predicted molar refractivity (Wildman–Crippen MR) is 107 cm³/mol. The van der Waals surface area contributed by atoms with Crippen LogP contribution in [0.2, 0.25) is 0 Å². The van der Waals surface area contributed by atoms with E-state index in [0.29, 0.717) is 18.2 Å². The van der Waals surface area contributed by atoms with Gasteiger partial charge in [-0.25, -0.2) is 0 Å². The van der Waals surface area contributed by atoms with Gasteiger partial charge in [-0.05, 0) is 30.4 Å². The number of benzene rings is 1. The number of hydrogen-bond donors (Lipinski definition) is 3. The van der Waals surface area contributed by atoms with Crippen LogP contribution in [0, 0.1) is 0 Å². The van der Waals surface area contributed by atoms with Crippen LogP contribution in [0.15, 0.2) is 53.9 Å². The molecule has 146 valence electrons. The van der Waals surface area contributed by atoms with Crippen molar-refractivity contribution in [2.24, 2.45) is 4.99 Å². The summed E-state index contributed by atoms with van der Waals surface area (Å²) < 4.78 is 1.73. The standard InChI is InChI=1S/C21H25N5O2/c27-20(12-23-18-8-15-4-1-2-5-16(15)9-18)13-24-21(28)17-10-25-26(14-17)19-6-3-7-22-11-19/h1-5,7,10-11,14,18-20,23,27H,6,8-9,12-13H2,(H,24,28). The van der Waals surface area contributed by atoms with Crippen molar-refractivity contribution in [3.8, 4) is 0 Å². The van der Waals surface area contributed by atoms with Gasteiger partial charge in [0.1, 0.15) is 0 Å². The van der Waals surface area contributed by atoms with Crippen LogP contribution >= 0.6 is 0 Å². The smallest absolute Gasteiger partial charge is 0.254 e. The van der Waals surface area contributed by atoms with Crippen LogP contribution in [0.5, 0.6) is 0 Å². The molecule has 2 aliphatic rings. The maximum Gasteiger partial charge on any atom is 0.254 e. The van der Waals surface area contributed by atoms with Crippen LogP contribution in [0.3, 0.4) is 0 Å². The summed E-state index contributed by atoms with van der Waals surface area (Å²) in [6.07, 6.45) is 10.9. The van der Waals surface area contributed by atoms with Gasteiger partial charge in [0.25, 0.3) is 5.91 Å². The van der Waals surface area contributed by atoms with Crippen molar-refractivity contribution < 1.29 is 9.90 Å². The average molecular weight is 379 g/mol. The van der Waals surface area contributed by atoms with Crippen LogP contribution in [0.4, 0.5) is 0 Å². The Hall–Kier alpha value is -2.77. The Morgan fingerprint density at radius 3 is 2.75 bits per heavy atom. The van der Waals surface area contributed by atoms with E-state index in [1.165, 1.54) is 11.1 Å². The molecule has 0 fully saturated rings. The highest BCUT2D eigenvalue weighted by Crippen LogP contribution is 2.21. The van der Waals surface area contributed by atoms with Gasteiger partial charge in [-0.15, -0.1) is 0 Å². The molecule has 4 rings (SSSR count). The van der Waals surface area contributed by atoms with Crippen LogP contribution in [-0.4, -0.2) is 52.2 Å². The van der Waals surface area contributed by atoms with E-state index in [0.717, 1.165) is 19.3 Å². The molecule has 7 nitrogen and oxygen atoms in total. The van der Waals surface area contributed by atoms with Crippen molar-refractivity contribution in [2.45, 2.75) is 37.5 Å². The number of aliphatic hydroxyl groups excluding tert-OH is 1. The maximum atomic E-state index is 12.3. The highest BCUT2D eigenvalue weighted by Gasteiger charge is 2.21. The molecule has 0 spiro atoms. The average Bonchev–Trinajstić information content (AvgIpc) is 3.38. The van der Waals surface area contributed by atoms with Gasteiger partial charge in [0.2, 0.25) is 0 Å². The Labute approximate surface area is 164 Å². The molecule has 7 heteroatoms. The lowest BCUT2D eigenvalue weighted by Crippen LogP contribution is -2.41. The highest BCUT2D eigenvalue weighted by molar-refractivity contribution is 5.93. The number of allylic oxidation sites excluding steroid dienone is 1. The first-order valence-electron chi connectivity index (χ1n) is 9.68. The minimum Gasteiger partial charge on any atom is -0.390 e. The Kier molecular flexibility index (Phi) is 5.64. The van der Waals surface area contributed by atoms with Crippen molar-refractivity contribution in [2.75, 3.05) is 13.1 Å². The molecule has 1 amide bonds. The summed E-state index contributed by atoms with van der Waals surface area (Å²) in [6, 6.07) is 8.81. The number of nitrogens with zero attached hydrogens (tertiary/aromatic N) is 3. The molecule has 1 aliphatic heterocycles. The summed E-state index contributed by atoms with van der Waals surface area (Å²) in [6.45, 7) is 0.646. The molecule has 0 saturated heterocycles. The summed E-state index contributed by atoms with van der Waals surface area (Å²) in [5.74, 6) is -0.234. The van der Waals surface area contributed by atoms with Crippen LogP contribution in [-0.2, 0) is 12.8 Å². The first-order valence-corrected chi connectivity index (χ1v) is 9.68. The molecule has 1 aliphatic carbocycles. The molecule has 2 aromatic rings. The zero-order valence-corrected chi connectivity index (χ0v) is 15.7. The van der Waals surface area contributed by atoms with E-state index in [4.69, 9.17) is 0 Å². The van der Waals surface area contributed by atoms with Gasteiger partial charge < -0.3 is 15.7 Å². The van der Waals surface area contributed by atoms with Gasteiger partial charge in [0.15, 0.2) is 0 Å². The van der Waals surface area contributed by atoms with E-state index < -0.39 is 6.10 Å². The molecule has 2 atom stereocenters. The molecule has 2 unspecified atom stereocenters. The van der Waals surface area contributed by atoms with Crippen molar-refractivity contribution >= 4 is 12.1 Å². The summed E-state index contributed by atoms with van der Waals surface area (Å²) in [7, 11) is 0. The molecular formula is C21H25N5O2. The Bertz CT molecular complexity index is 863. The number of carbonyl (C=O) groups excluding carboxylic acids is 1. The number of rotatable bonds is 7. The minimum atomic E-state index is -0.640. The molecule has 0 saturated carbocycles. The molecule has 1 aromatic heterocycles. The highest BCUT2D eigenvalue weighted by atomic mass is 16.3. The largest absolute Gasteiger partial charge is 0.390 e. The van der Waals surface area contributed by atoms with Crippen molar-refractivity contribution in [3.05, 3.63) is 65.6 Å². The molecule has 2 heterocycles. The van der Waals surface area contributed by atoms with Gasteiger partial charge in [0, 0.05) is 37.7 Å². The molecule has 0 bridgehead atoms. The number of nitrogens with one attached hydrogen (secondary N) is 2. The lowest BCUT2D eigenvalue weighted by molar-refractivity contribution is 0.0914. The lowest BCUT2D eigenvalue weighted by Gasteiger charge is -2.16. The molecule has 1 aromatic carbocycles. The van der Waals surface area contributed by atoms with E-state index in [1.54, 1.807) is 23.3 Å². The first kappa shape index (κ1) is 18.6. The minimum absolute atomic E-state index is 0.0388. The van der Waals surface area contributed by atoms with Gasteiger partial charge in [-0.3, -0.25) is 14.5 Å². The van der Waals surface area contributed by atoms with Crippen LogP contribution in [0.1, 0.15) is 33.9 Å². The van der Waals surface area contributed by atoms with E-state index in [2.05, 4.69) is 45.0 Å². The summed E-state index contributed by atoms with van der Waals surface area (Å²) in [5.41, 5.74) is 3.23. The summed E-state index contributed by atoms with van der Waals surface area (Å²) in [5, 5.41) is 20.6. The van der Waals surface area contributed by atoms with Crippen LogP contribution in [0.25, 0.3) is 0 Å². The second-order valence-electron chi connectivity index (χ2n) is 7.34. The lowest BCUT2D eigenvalue weighted by atomic mass is 10.1. The fourth-order valence-electron chi connectivity index (χ4n) is 3.67. The Morgan fingerprint density at radius 2 is 2.04 bits per heavy atom. The van der Waals surface area contributed by atoms with E-state index in [9.17, 15) is 9.90 Å². The third-order valence-electron chi connectivity index (χ3n) is 5.22. The van der Waals surface area contributed by atoms with Crippen LogP contribution < -0.4 is 10.6 Å². The molecule has 28 heavy (non-hydrogen) atoms. The summed E-state index contributed by atoms with van der Waals surface area (Å²) >= 11 is 0. The maximum absolute atomic E-state index is 12.3. The van der Waals surface area contributed by atoms with Gasteiger partial charge in [0.05, 0.1) is 23.9 Å². The second-order valence-corrected chi connectivity index (χ2v) is 7.34. The normalized spacial score (nSPS) is 19.5. The SMILES string of the molecule is O=C(NCC(O)CNC1Cc2ccccc2C1)c1cnn(C2C=NC=CC2)c1. The Balaban J connectivity index is 1.20. The van der Waals surface area contributed by atoms with E-state index in [-0.39, 0.29) is 18.5 Å². The zero-order valence-electron chi connectivity index (χ0n) is 15.7. The fraction of sp³-hybridized carbons (Fsp3) is 0.381. The predicted octanol–water partition coefficient (Wildman–Crippen LogP) is 1.26. The molecule has 3 N–H and O–H groups in total. The third-order valence-corrected chi connectivity index (χ3v) is 5.22.